The molecule has 5 nitrogen and oxygen atoms in total. The standard InChI is InChI=1S/C20H22N4O/c1-13-14(2)22-18-7-5-15(11-17(13)18)20(25)23-19-8-6-16(12-21-19)24-9-3-4-10-24/h5-8,11-12,22H,3-4,9-10H2,1-2H3,(H,21,23,25). The number of amides is 1. The maximum atomic E-state index is 12.5. The summed E-state index contributed by atoms with van der Waals surface area (Å²) in [6.07, 6.45) is 4.31. The molecule has 0 unspecified atom stereocenters. The van der Waals surface area contributed by atoms with Crippen molar-refractivity contribution in [3.05, 3.63) is 53.3 Å². The first-order valence-electron chi connectivity index (χ1n) is 8.73. The first-order chi connectivity index (χ1) is 12.1. The molecule has 0 spiro atoms. The fourth-order valence-electron chi connectivity index (χ4n) is 3.41. The summed E-state index contributed by atoms with van der Waals surface area (Å²) in [5, 5.41) is 3.97. The van der Waals surface area contributed by atoms with Crippen molar-refractivity contribution >= 4 is 28.3 Å². The number of hydrogen-bond acceptors (Lipinski definition) is 3. The molecule has 128 valence electrons. The lowest BCUT2D eigenvalue weighted by molar-refractivity contribution is 0.102. The minimum absolute atomic E-state index is 0.137. The number of anilines is 2. The second-order valence-electron chi connectivity index (χ2n) is 6.69. The van der Waals surface area contributed by atoms with E-state index in [0.717, 1.165) is 35.4 Å². The Balaban J connectivity index is 1.52. The molecule has 1 amide bonds. The first-order valence-corrected chi connectivity index (χ1v) is 8.73. The van der Waals surface area contributed by atoms with Crippen LogP contribution in [0.2, 0.25) is 0 Å². The molecule has 0 saturated carbocycles. The van der Waals surface area contributed by atoms with Gasteiger partial charge in [0.25, 0.3) is 5.91 Å². The molecule has 2 aromatic heterocycles. The van der Waals surface area contributed by atoms with Crippen molar-refractivity contribution in [1.82, 2.24) is 9.97 Å². The lowest BCUT2D eigenvalue weighted by atomic mass is 10.1. The Kier molecular flexibility index (Phi) is 3.92. The molecule has 1 aliphatic heterocycles. The van der Waals surface area contributed by atoms with Gasteiger partial charge in [-0.1, -0.05) is 0 Å². The topological polar surface area (TPSA) is 61.0 Å². The van der Waals surface area contributed by atoms with Crippen LogP contribution in [0.15, 0.2) is 36.5 Å². The maximum absolute atomic E-state index is 12.5. The zero-order valence-electron chi connectivity index (χ0n) is 14.6. The molecule has 1 saturated heterocycles. The average Bonchev–Trinajstić information content (AvgIpc) is 3.25. The normalized spacial score (nSPS) is 14.2. The average molecular weight is 334 g/mol. The number of carbonyl (C=O) groups excluding carboxylic acids is 1. The van der Waals surface area contributed by atoms with Gasteiger partial charge in [-0.05, 0) is 62.6 Å². The van der Waals surface area contributed by atoms with Gasteiger partial charge in [0.2, 0.25) is 0 Å². The van der Waals surface area contributed by atoms with Crippen molar-refractivity contribution in [1.29, 1.82) is 0 Å². The number of pyridine rings is 1. The first kappa shape index (κ1) is 15.7. The van der Waals surface area contributed by atoms with E-state index in [1.54, 1.807) is 0 Å². The zero-order chi connectivity index (χ0) is 17.4. The highest BCUT2D eigenvalue weighted by atomic mass is 16.1. The van der Waals surface area contributed by atoms with Crippen molar-refractivity contribution in [2.24, 2.45) is 0 Å². The number of rotatable bonds is 3. The number of benzene rings is 1. The quantitative estimate of drug-likeness (QED) is 0.760. The van der Waals surface area contributed by atoms with Crippen LogP contribution in [-0.2, 0) is 0 Å². The fraction of sp³-hybridized carbons (Fsp3) is 0.300. The van der Waals surface area contributed by atoms with Gasteiger partial charge >= 0.3 is 0 Å². The van der Waals surface area contributed by atoms with E-state index in [4.69, 9.17) is 0 Å². The van der Waals surface area contributed by atoms with Gasteiger partial charge < -0.3 is 15.2 Å². The van der Waals surface area contributed by atoms with Crippen molar-refractivity contribution in [3.8, 4) is 0 Å². The molecule has 5 heteroatoms. The van der Waals surface area contributed by atoms with E-state index < -0.39 is 0 Å². The summed E-state index contributed by atoms with van der Waals surface area (Å²) in [6.45, 7) is 6.28. The van der Waals surface area contributed by atoms with E-state index in [-0.39, 0.29) is 5.91 Å². The Morgan fingerprint density at radius 2 is 1.96 bits per heavy atom. The van der Waals surface area contributed by atoms with Gasteiger partial charge in [-0.2, -0.15) is 0 Å². The van der Waals surface area contributed by atoms with Crippen molar-refractivity contribution < 1.29 is 4.79 Å². The lowest BCUT2D eigenvalue weighted by Gasteiger charge is -2.17. The third-order valence-electron chi connectivity index (χ3n) is 5.03. The third kappa shape index (κ3) is 2.97. The summed E-state index contributed by atoms with van der Waals surface area (Å²) in [5.41, 5.74) is 5.12. The molecule has 0 radical (unpaired) electrons. The van der Waals surface area contributed by atoms with E-state index in [0.29, 0.717) is 11.4 Å². The highest BCUT2D eigenvalue weighted by Crippen LogP contribution is 2.23. The summed E-state index contributed by atoms with van der Waals surface area (Å²) in [5.74, 6) is 0.441. The molecule has 4 rings (SSSR count). The largest absolute Gasteiger partial charge is 0.370 e. The van der Waals surface area contributed by atoms with Gasteiger partial charge in [0.15, 0.2) is 0 Å². The Bertz CT molecular complexity index is 921. The molecule has 1 aliphatic rings. The molecule has 1 fully saturated rings. The Hall–Kier alpha value is -2.82. The van der Waals surface area contributed by atoms with Gasteiger partial charge in [-0.15, -0.1) is 0 Å². The molecule has 3 heterocycles. The summed E-state index contributed by atoms with van der Waals surface area (Å²) in [6, 6.07) is 9.62. The minimum atomic E-state index is -0.137. The van der Waals surface area contributed by atoms with E-state index in [1.807, 2.05) is 43.5 Å². The van der Waals surface area contributed by atoms with E-state index in [2.05, 4.69) is 27.1 Å². The Labute approximate surface area is 147 Å². The second kappa shape index (κ2) is 6.24. The monoisotopic (exact) mass is 334 g/mol. The molecule has 3 aromatic rings. The Morgan fingerprint density at radius 3 is 2.68 bits per heavy atom. The maximum Gasteiger partial charge on any atom is 0.256 e. The number of hydrogen-bond donors (Lipinski definition) is 2. The van der Waals surface area contributed by atoms with E-state index in [9.17, 15) is 4.79 Å². The van der Waals surface area contributed by atoms with Crippen molar-refractivity contribution in [3.63, 3.8) is 0 Å². The fourth-order valence-corrected chi connectivity index (χ4v) is 3.41. The van der Waals surface area contributed by atoms with Gasteiger partial charge in [0.1, 0.15) is 5.82 Å². The van der Waals surface area contributed by atoms with E-state index >= 15 is 0 Å². The number of aromatic nitrogens is 2. The van der Waals surface area contributed by atoms with Gasteiger partial charge in [0.05, 0.1) is 11.9 Å². The molecule has 2 N–H and O–H groups in total. The number of aryl methyl sites for hydroxylation is 2. The minimum Gasteiger partial charge on any atom is -0.370 e. The van der Waals surface area contributed by atoms with Crippen LogP contribution in [0, 0.1) is 13.8 Å². The van der Waals surface area contributed by atoms with E-state index in [1.165, 1.54) is 18.4 Å². The van der Waals surface area contributed by atoms with Crippen LogP contribution in [0.1, 0.15) is 34.5 Å². The van der Waals surface area contributed by atoms with Crippen LogP contribution in [0.3, 0.4) is 0 Å². The number of H-pyrrole nitrogens is 1. The van der Waals surface area contributed by atoms with Crippen molar-refractivity contribution in [2.75, 3.05) is 23.3 Å². The highest BCUT2D eigenvalue weighted by Gasteiger charge is 2.14. The third-order valence-corrected chi connectivity index (χ3v) is 5.03. The van der Waals surface area contributed by atoms with Crippen LogP contribution in [0.5, 0.6) is 0 Å². The smallest absolute Gasteiger partial charge is 0.256 e. The number of nitrogens with zero attached hydrogens (tertiary/aromatic N) is 2. The summed E-state index contributed by atoms with van der Waals surface area (Å²) in [7, 11) is 0. The molecule has 0 bridgehead atoms. The summed E-state index contributed by atoms with van der Waals surface area (Å²) in [4.78, 5) is 22.6. The highest BCUT2D eigenvalue weighted by molar-refractivity contribution is 6.06. The summed E-state index contributed by atoms with van der Waals surface area (Å²) >= 11 is 0. The lowest BCUT2D eigenvalue weighted by Crippen LogP contribution is -2.18. The van der Waals surface area contributed by atoms with Crippen LogP contribution >= 0.6 is 0 Å². The number of carbonyl (C=O) groups is 1. The van der Waals surface area contributed by atoms with Crippen LogP contribution in [0.4, 0.5) is 11.5 Å². The van der Waals surface area contributed by atoms with Crippen LogP contribution in [-0.4, -0.2) is 29.0 Å². The van der Waals surface area contributed by atoms with Gasteiger partial charge in [-0.25, -0.2) is 4.98 Å². The number of aromatic amines is 1. The summed E-state index contributed by atoms with van der Waals surface area (Å²) < 4.78 is 0. The molecule has 25 heavy (non-hydrogen) atoms. The van der Waals surface area contributed by atoms with Crippen molar-refractivity contribution in [2.45, 2.75) is 26.7 Å². The molecular formula is C20H22N4O. The predicted octanol–water partition coefficient (Wildman–Crippen LogP) is 4.03. The van der Waals surface area contributed by atoms with Gasteiger partial charge in [-0.3, -0.25) is 4.79 Å². The van der Waals surface area contributed by atoms with Gasteiger partial charge in [0, 0.05) is 35.2 Å². The zero-order valence-corrected chi connectivity index (χ0v) is 14.6. The second-order valence-corrected chi connectivity index (χ2v) is 6.69. The number of nitrogens with one attached hydrogen (secondary N) is 2. The molecule has 0 aliphatic carbocycles. The SMILES string of the molecule is Cc1[nH]c2ccc(C(=O)Nc3ccc(N4CCCC4)cn3)cc2c1C. The Morgan fingerprint density at radius 1 is 1.16 bits per heavy atom. The molecule has 0 atom stereocenters. The van der Waals surface area contributed by atoms with Crippen LogP contribution in [0.25, 0.3) is 10.9 Å². The number of fused-ring (bicyclic) bond motifs is 1. The predicted molar refractivity (Wildman–Crippen MR) is 101 cm³/mol. The van der Waals surface area contributed by atoms with Crippen LogP contribution < -0.4 is 10.2 Å². The molecular weight excluding hydrogens is 312 g/mol. The molecule has 1 aromatic carbocycles.